The molecule has 4 rings (SSSR count). The van der Waals surface area contributed by atoms with Crippen molar-refractivity contribution in [1.82, 2.24) is 0 Å². The second-order valence-corrected chi connectivity index (χ2v) is 11.3. The van der Waals surface area contributed by atoms with Crippen molar-refractivity contribution in [2.75, 3.05) is 5.32 Å². The van der Waals surface area contributed by atoms with E-state index < -0.39 is 16.4 Å². The summed E-state index contributed by atoms with van der Waals surface area (Å²) < 4.78 is 5.03. The lowest BCUT2D eigenvalue weighted by Crippen LogP contribution is -2.28. The van der Waals surface area contributed by atoms with Gasteiger partial charge in [0.05, 0.1) is 11.3 Å². The van der Waals surface area contributed by atoms with Gasteiger partial charge in [0.2, 0.25) is 0 Å². The molecule has 1 N–H and O–H groups in total. The smallest absolute Gasteiger partial charge is 0.412 e. The van der Waals surface area contributed by atoms with Crippen LogP contribution in [0.4, 0.5) is 10.5 Å². The Balaban J connectivity index is 1.79. The van der Waals surface area contributed by atoms with Crippen LogP contribution in [0.15, 0.2) is 114 Å². The zero-order valence-corrected chi connectivity index (χ0v) is 23.2. The average molecular weight is 537 g/mol. The molecule has 0 aliphatic carbocycles. The van der Waals surface area contributed by atoms with Gasteiger partial charge in [-0.1, -0.05) is 108 Å². The maximum atomic E-state index is 12.7. The van der Waals surface area contributed by atoms with Gasteiger partial charge in [-0.05, 0) is 60.2 Å². The second kappa shape index (κ2) is 12.6. The summed E-state index contributed by atoms with van der Waals surface area (Å²) in [4.78, 5) is 15.6. The van der Waals surface area contributed by atoms with Crippen molar-refractivity contribution in [3.05, 3.63) is 147 Å². The minimum absolute atomic E-state index is 0.189. The highest BCUT2D eigenvalue weighted by Crippen LogP contribution is 2.50. The molecule has 0 aromatic heterocycles. The first kappa shape index (κ1) is 27.8. The molecule has 0 bridgehead atoms. The molecule has 1 amide bonds. The van der Waals surface area contributed by atoms with Gasteiger partial charge in [0.15, 0.2) is 0 Å². The summed E-state index contributed by atoms with van der Waals surface area (Å²) in [5.74, 6) is 0.589. The Hall–Kier alpha value is -4.19. The largest absolute Gasteiger partial charge is 0.444 e. The Morgan fingerprint density at radius 3 is 1.82 bits per heavy atom. The molecular weight excluding hydrogens is 504 g/mol. The molecular formula is C32H32N4O2S. The lowest BCUT2D eigenvalue weighted by molar-refractivity contribution is 0.0636. The first-order chi connectivity index (χ1) is 18.8. The standard InChI is InChI=1S/C32H32N4O2S/c1-31(2,3)38-30(37)35-29-21-24(22-34-36-33)19-20-25(29)23-39-32(26-13-7-4-8-14-26,27-15-9-5-10-16-27)28-17-11-6-12-18-28/h4-21H,22-23H2,1-3H3,(H,35,37). The zero-order chi connectivity index (χ0) is 27.7. The van der Waals surface area contributed by atoms with Crippen molar-refractivity contribution in [3.8, 4) is 0 Å². The minimum Gasteiger partial charge on any atom is -0.444 e. The van der Waals surface area contributed by atoms with Crippen molar-refractivity contribution in [1.29, 1.82) is 0 Å². The normalized spacial score (nSPS) is 11.4. The van der Waals surface area contributed by atoms with Crippen LogP contribution in [0.25, 0.3) is 10.4 Å². The molecule has 0 aliphatic heterocycles. The number of hydrogen-bond donors (Lipinski definition) is 1. The maximum absolute atomic E-state index is 12.7. The van der Waals surface area contributed by atoms with Crippen molar-refractivity contribution in [2.45, 2.75) is 43.4 Å². The molecule has 198 valence electrons. The maximum Gasteiger partial charge on any atom is 0.412 e. The fraction of sp³-hybridized carbons (Fsp3) is 0.219. The van der Waals surface area contributed by atoms with Gasteiger partial charge in [-0.3, -0.25) is 5.32 Å². The lowest BCUT2D eigenvalue weighted by atomic mass is 9.84. The van der Waals surface area contributed by atoms with Crippen molar-refractivity contribution < 1.29 is 9.53 Å². The molecule has 0 unspecified atom stereocenters. The summed E-state index contributed by atoms with van der Waals surface area (Å²) in [6, 6.07) is 37.2. The van der Waals surface area contributed by atoms with Crippen LogP contribution in [0.3, 0.4) is 0 Å². The number of carbonyl (C=O) groups excluding carboxylic acids is 1. The van der Waals surface area contributed by atoms with Crippen LogP contribution in [0.2, 0.25) is 0 Å². The van der Waals surface area contributed by atoms with E-state index in [9.17, 15) is 4.79 Å². The number of hydrogen-bond acceptors (Lipinski definition) is 4. The van der Waals surface area contributed by atoms with Crippen LogP contribution in [-0.2, 0) is 21.8 Å². The van der Waals surface area contributed by atoms with Gasteiger partial charge in [-0.25, -0.2) is 4.79 Å². The van der Waals surface area contributed by atoms with E-state index in [1.807, 2.05) is 57.2 Å². The summed E-state index contributed by atoms with van der Waals surface area (Å²) in [6.45, 7) is 5.68. The summed E-state index contributed by atoms with van der Waals surface area (Å²) in [7, 11) is 0. The van der Waals surface area contributed by atoms with Crippen molar-refractivity contribution >= 4 is 23.5 Å². The van der Waals surface area contributed by atoms with Gasteiger partial charge in [0.25, 0.3) is 0 Å². The second-order valence-electron chi connectivity index (χ2n) is 10.1. The van der Waals surface area contributed by atoms with Crippen LogP contribution >= 0.6 is 11.8 Å². The van der Waals surface area contributed by atoms with E-state index in [2.05, 4.69) is 88.1 Å². The molecule has 4 aromatic carbocycles. The van der Waals surface area contributed by atoms with E-state index in [0.29, 0.717) is 11.4 Å². The molecule has 0 fully saturated rings. The van der Waals surface area contributed by atoms with Crippen LogP contribution in [0.1, 0.15) is 48.6 Å². The van der Waals surface area contributed by atoms with Crippen LogP contribution in [-0.4, -0.2) is 11.7 Å². The van der Waals surface area contributed by atoms with Gasteiger partial charge >= 0.3 is 6.09 Å². The Labute approximate surface area is 234 Å². The molecule has 0 radical (unpaired) electrons. The van der Waals surface area contributed by atoms with Crippen molar-refractivity contribution in [2.24, 2.45) is 5.11 Å². The first-order valence-electron chi connectivity index (χ1n) is 12.7. The Kier molecular flexibility index (Phi) is 8.97. The zero-order valence-electron chi connectivity index (χ0n) is 22.4. The SMILES string of the molecule is CC(C)(C)OC(=O)Nc1cc(CN=[N+]=[N-])ccc1CSC(c1ccccc1)(c1ccccc1)c1ccccc1. The number of nitrogens with zero attached hydrogens (tertiary/aromatic N) is 3. The summed E-state index contributed by atoms with van der Waals surface area (Å²) >= 11 is 1.79. The molecule has 7 heteroatoms. The lowest BCUT2D eigenvalue weighted by Gasteiger charge is -2.35. The molecule has 39 heavy (non-hydrogen) atoms. The Morgan fingerprint density at radius 2 is 1.36 bits per heavy atom. The van der Waals surface area contributed by atoms with E-state index in [1.165, 1.54) is 0 Å². The van der Waals surface area contributed by atoms with Gasteiger partial charge in [-0.15, -0.1) is 11.8 Å². The van der Waals surface area contributed by atoms with Gasteiger partial charge < -0.3 is 4.74 Å². The predicted molar refractivity (Wildman–Crippen MR) is 160 cm³/mol. The molecule has 4 aromatic rings. The molecule has 6 nitrogen and oxygen atoms in total. The third-order valence-electron chi connectivity index (χ3n) is 6.11. The number of nitrogens with one attached hydrogen (secondary N) is 1. The van der Waals surface area contributed by atoms with Crippen molar-refractivity contribution in [3.63, 3.8) is 0 Å². The average Bonchev–Trinajstić information content (AvgIpc) is 2.94. The molecule has 0 spiro atoms. The van der Waals surface area contributed by atoms with Crippen LogP contribution < -0.4 is 5.32 Å². The van der Waals surface area contributed by atoms with Gasteiger partial charge in [0.1, 0.15) is 5.60 Å². The van der Waals surface area contributed by atoms with Crippen LogP contribution in [0.5, 0.6) is 0 Å². The molecule has 0 saturated heterocycles. The number of benzene rings is 4. The third kappa shape index (κ3) is 7.02. The first-order valence-corrected chi connectivity index (χ1v) is 13.7. The van der Waals surface area contributed by atoms with E-state index in [1.54, 1.807) is 11.8 Å². The monoisotopic (exact) mass is 536 g/mol. The van der Waals surface area contributed by atoms with Gasteiger partial charge in [0, 0.05) is 16.4 Å². The fourth-order valence-electron chi connectivity index (χ4n) is 4.45. The summed E-state index contributed by atoms with van der Waals surface area (Å²) in [6.07, 6.45) is -0.532. The topological polar surface area (TPSA) is 87.1 Å². The molecule has 0 aliphatic rings. The highest BCUT2D eigenvalue weighted by molar-refractivity contribution is 7.99. The number of amides is 1. The van der Waals surface area contributed by atoms with E-state index in [0.717, 1.165) is 27.8 Å². The number of thioether (sulfide) groups is 1. The quantitative estimate of drug-likeness (QED) is 0.100. The number of ether oxygens (including phenoxy) is 1. The van der Waals surface area contributed by atoms with Gasteiger partial charge in [-0.2, -0.15) is 0 Å². The van der Waals surface area contributed by atoms with E-state index >= 15 is 0 Å². The van der Waals surface area contributed by atoms with E-state index in [-0.39, 0.29) is 6.54 Å². The number of rotatable bonds is 9. The fourth-order valence-corrected chi connectivity index (χ4v) is 5.98. The highest BCUT2D eigenvalue weighted by atomic mass is 32.2. The third-order valence-corrected chi connectivity index (χ3v) is 7.71. The highest BCUT2D eigenvalue weighted by Gasteiger charge is 2.37. The number of anilines is 1. The Bertz CT molecular complexity index is 1340. The predicted octanol–water partition coefficient (Wildman–Crippen LogP) is 9.07. The van der Waals surface area contributed by atoms with E-state index in [4.69, 9.17) is 10.3 Å². The minimum atomic E-state index is -0.634. The molecule has 0 atom stereocenters. The summed E-state index contributed by atoms with van der Waals surface area (Å²) in [5, 5.41) is 6.62. The number of azide groups is 1. The Morgan fingerprint density at radius 1 is 0.846 bits per heavy atom. The molecule has 0 heterocycles. The van der Waals surface area contributed by atoms with Crippen LogP contribution in [0, 0.1) is 0 Å². The summed E-state index contributed by atoms with van der Waals surface area (Å²) in [5.41, 5.74) is 14.0. The molecule has 0 saturated carbocycles. The number of carbonyl (C=O) groups is 1.